The highest BCUT2D eigenvalue weighted by Gasteiger charge is 2.56. The van der Waals surface area contributed by atoms with Crippen LogP contribution in [0.2, 0.25) is 0 Å². The van der Waals surface area contributed by atoms with E-state index in [0.29, 0.717) is 5.13 Å². The minimum absolute atomic E-state index is 0.161. The topological polar surface area (TPSA) is 91.4 Å². The van der Waals surface area contributed by atoms with E-state index in [1.807, 2.05) is 29.6 Å². The van der Waals surface area contributed by atoms with Gasteiger partial charge in [0.05, 0.1) is 5.69 Å². The molecule has 1 aromatic carbocycles. The molecular weight excluding hydrogens is 432 g/mol. The summed E-state index contributed by atoms with van der Waals surface area (Å²) in [6, 6.07) is 7.18. The van der Waals surface area contributed by atoms with Crippen LogP contribution in [0.25, 0.3) is 11.3 Å². The van der Waals surface area contributed by atoms with Gasteiger partial charge in [0, 0.05) is 15.4 Å². The molecule has 1 aliphatic heterocycles. The standard InChI is InChI=1S/C18H17BrN4O3S/c1-18(11-5-6-11)15(25)23(17(26)22-18)8-14(24)21-16-20-13(9-27-16)10-3-2-4-12(19)7-10/h2-4,7,9,11H,5-6,8H2,1H3,(H,22,26)(H,20,21,24). The van der Waals surface area contributed by atoms with Crippen molar-refractivity contribution in [2.24, 2.45) is 5.92 Å². The summed E-state index contributed by atoms with van der Waals surface area (Å²) in [6.07, 6.45) is 1.83. The molecule has 2 aromatic rings. The number of amides is 4. The lowest BCUT2D eigenvalue weighted by Gasteiger charge is -2.20. The van der Waals surface area contributed by atoms with E-state index in [1.54, 1.807) is 6.92 Å². The van der Waals surface area contributed by atoms with Gasteiger partial charge in [0.25, 0.3) is 5.91 Å². The molecule has 1 aromatic heterocycles. The summed E-state index contributed by atoms with van der Waals surface area (Å²) in [4.78, 5) is 42.4. The first-order valence-corrected chi connectivity index (χ1v) is 10.2. The van der Waals surface area contributed by atoms with Crippen LogP contribution in [0.5, 0.6) is 0 Å². The van der Waals surface area contributed by atoms with Crippen molar-refractivity contribution in [2.75, 3.05) is 11.9 Å². The number of thiazole rings is 1. The van der Waals surface area contributed by atoms with Gasteiger partial charge < -0.3 is 10.6 Å². The Balaban J connectivity index is 1.41. The van der Waals surface area contributed by atoms with E-state index in [-0.39, 0.29) is 18.4 Å². The smallest absolute Gasteiger partial charge is 0.323 e. The number of rotatable bonds is 5. The normalized spacial score (nSPS) is 22.1. The van der Waals surface area contributed by atoms with Gasteiger partial charge in [-0.05, 0) is 37.8 Å². The van der Waals surface area contributed by atoms with Gasteiger partial charge >= 0.3 is 6.03 Å². The molecule has 4 amide bonds. The number of nitrogens with zero attached hydrogens (tertiary/aromatic N) is 2. The van der Waals surface area contributed by atoms with Crippen LogP contribution in [0.1, 0.15) is 19.8 Å². The molecule has 9 heteroatoms. The number of hydrogen-bond donors (Lipinski definition) is 2. The third-order valence-electron chi connectivity index (χ3n) is 4.87. The van der Waals surface area contributed by atoms with Crippen LogP contribution in [-0.4, -0.2) is 39.8 Å². The summed E-state index contributed by atoms with van der Waals surface area (Å²) in [5.74, 6) is -0.624. The van der Waals surface area contributed by atoms with Crippen LogP contribution < -0.4 is 10.6 Å². The summed E-state index contributed by atoms with van der Waals surface area (Å²) in [7, 11) is 0. The number of anilines is 1. The third-order valence-corrected chi connectivity index (χ3v) is 6.12. The van der Waals surface area contributed by atoms with Crippen molar-refractivity contribution in [3.05, 3.63) is 34.1 Å². The maximum Gasteiger partial charge on any atom is 0.325 e. The zero-order valence-corrected chi connectivity index (χ0v) is 16.9. The Morgan fingerprint density at radius 1 is 1.44 bits per heavy atom. The fourth-order valence-electron chi connectivity index (χ4n) is 3.21. The fraction of sp³-hybridized carbons (Fsp3) is 0.333. The highest BCUT2D eigenvalue weighted by molar-refractivity contribution is 9.10. The van der Waals surface area contributed by atoms with Crippen molar-refractivity contribution < 1.29 is 14.4 Å². The Hall–Kier alpha value is -2.26. The van der Waals surface area contributed by atoms with Gasteiger partial charge in [-0.2, -0.15) is 0 Å². The van der Waals surface area contributed by atoms with Gasteiger partial charge in [0.1, 0.15) is 12.1 Å². The van der Waals surface area contributed by atoms with E-state index in [2.05, 4.69) is 31.5 Å². The van der Waals surface area contributed by atoms with E-state index in [1.165, 1.54) is 11.3 Å². The molecule has 140 valence electrons. The Morgan fingerprint density at radius 3 is 2.93 bits per heavy atom. The second-order valence-corrected chi connectivity index (χ2v) is 8.67. The molecule has 2 heterocycles. The van der Waals surface area contributed by atoms with Crippen LogP contribution >= 0.6 is 27.3 Å². The second-order valence-electron chi connectivity index (χ2n) is 6.89. The number of benzene rings is 1. The molecule has 1 saturated heterocycles. The Bertz CT molecular complexity index is 942. The Labute approximate surface area is 168 Å². The predicted molar refractivity (Wildman–Crippen MR) is 105 cm³/mol. The van der Waals surface area contributed by atoms with Crippen molar-refractivity contribution in [3.63, 3.8) is 0 Å². The Kier molecular flexibility index (Phi) is 4.51. The molecule has 2 N–H and O–H groups in total. The lowest BCUT2D eigenvalue weighted by Crippen LogP contribution is -2.46. The molecule has 1 saturated carbocycles. The van der Waals surface area contributed by atoms with Gasteiger partial charge in [-0.25, -0.2) is 9.78 Å². The van der Waals surface area contributed by atoms with Gasteiger partial charge in [-0.1, -0.05) is 28.1 Å². The minimum atomic E-state index is -0.883. The van der Waals surface area contributed by atoms with E-state index in [0.717, 1.165) is 33.5 Å². The predicted octanol–water partition coefficient (Wildman–Crippen LogP) is 3.23. The summed E-state index contributed by atoms with van der Waals surface area (Å²) in [5.41, 5.74) is 0.787. The average Bonchev–Trinajstić information content (AvgIpc) is 3.35. The van der Waals surface area contributed by atoms with Crippen LogP contribution in [0.15, 0.2) is 34.1 Å². The number of hydrogen-bond acceptors (Lipinski definition) is 5. The summed E-state index contributed by atoms with van der Waals surface area (Å²) in [5, 5.41) is 7.67. The van der Waals surface area contributed by atoms with Crippen molar-refractivity contribution in [3.8, 4) is 11.3 Å². The first-order valence-electron chi connectivity index (χ1n) is 8.52. The largest absolute Gasteiger partial charge is 0.325 e. The monoisotopic (exact) mass is 448 g/mol. The minimum Gasteiger partial charge on any atom is -0.323 e. The van der Waals surface area contributed by atoms with E-state index in [9.17, 15) is 14.4 Å². The molecule has 0 bridgehead atoms. The molecule has 27 heavy (non-hydrogen) atoms. The number of imide groups is 1. The molecule has 1 aliphatic carbocycles. The first-order chi connectivity index (χ1) is 12.9. The number of urea groups is 1. The molecule has 2 fully saturated rings. The van der Waals surface area contributed by atoms with Crippen LogP contribution in [0.3, 0.4) is 0 Å². The lowest BCUT2D eigenvalue weighted by molar-refractivity contribution is -0.134. The van der Waals surface area contributed by atoms with E-state index >= 15 is 0 Å². The summed E-state index contributed by atoms with van der Waals surface area (Å²) < 4.78 is 0.941. The number of carbonyl (C=O) groups excluding carboxylic acids is 3. The molecule has 2 aliphatic rings. The number of halogens is 1. The van der Waals surface area contributed by atoms with Crippen molar-refractivity contribution >= 4 is 50.2 Å². The molecule has 1 unspecified atom stereocenters. The fourth-order valence-corrected chi connectivity index (χ4v) is 4.35. The molecular formula is C18H17BrN4O3S. The summed E-state index contributed by atoms with van der Waals surface area (Å²) in [6.45, 7) is 1.41. The quantitative estimate of drug-likeness (QED) is 0.686. The van der Waals surface area contributed by atoms with Crippen molar-refractivity contribution in [1.82, 2.24) is 15.2 Å². The van der Waals surface area contributed by atoms with Gasteiger partial charge in [0.2, 0.25) is 5.91 Å². The zero-order chi connectivity index (χ0) is 19.2. The second kappa shape index (κ2) is 6.72. The van der Waals surface area contributed by atoms with Gasteiger partial charge in [-0.3, -0.25) is 14.5 Å². The molecule has 0 radical (unpaired) electrons. The van der Waals surface area contributed by atoms with E-state index < -0.39 is 17.5 Å². The number of carbonyl (C=O) groups is 3. The molecule has 0 spiro atoms. The first kappa shape index (κ1) is 18.1. The van der Waals surface area contributed by atoms with Gasteiger partial charge in [0.15, 0.2) is 5.13 Å². The van der Waals surface area contributed by atoms with E-state index in [4.69, 9.17) is 0 Å². The average molecular weight is 449 g/mol. The maximum atomic E-state index is 12.6. The van der Waals surface area contributed by atoms with Gasteiger partial charge in [-0.15, -0.1) is 11.3 Å². The third kappa shape index (κ3) is 3.49. The summed E-state index contributed by atoms with van der Waals surface area (Å²) >= 11 is 4.71. The molecule has 4 rings (SSSR count). The van der Waals surface area contributed by atoms with Crippen molar-refractivity contribution in [1.29, 1.82) is 0 Å². The molecule has 1 atom stereocenters. The molecule has 7 nitrogen and oxygen atoms in total. The van der Waals surface area contributed by atoms with Crippen LogP contribution in [0, 0.1) is 5.92 Å². The Morgan fingerprint density at radius 2 is 2.22 bits per heavy atom. The number of aromatic nitrogens is 1. The zero-order valence-electron chi connectivity index (χ0n) is 14.5. The lowest BCUT2D eigenvalue weighted by atomic mass is 9.96. The van der Waals surface area contributed by atoms with Crippen LogP contribution in [0.4, 0.5) is 9.93 Å². The van der Waals surface area contributed by atoms with Crippen molar-refractivity contribution in [2.45, 2.75) is 25.3 Å². The number of nitrogens with one attached hydrogen (secondary N) is 2. The highest BCUT2D eigenvalue weighted by Crippen LogP contribution is 2.42. The SMILES string of the molecule is CC1(C2CC2)NC(=O)N(CC(=O)Nc2nc(-c3cccc(Br)c3)cs2)C1=O. The highest BCUT2D eigenvalue weighted by atomic mass is 79.9. The van der Waals surface area contributed by atoms with Crippen LogP contribution in [-0.2, 0) is 9.59 Å². The maximum absolute atomic E-state index is 12.6.